The van der Waals surface area contributed by atoms with Gasteiger partial charge in [0.15, 0.2) is 0 Å². The number of benzene rings is 2. The van der Waals surface area contributed by atoms with Gasteiger partial charge in [0.05, 0.1) is 23.8 Å². The Balaban J connectivity index is 1.54. The number of carbonyl (C=O) groups is 3. The zero-order valence-corrected chi connectivity index (χ0v) is 22.6. The molecule has 2 amide bonds. The van der Waals surface area contributed by atoms with E-state index in [4.69, 9.17) is 9.84 Å². The first-order valence-corrected chi connectivity index (χ1v) is 12.9. The Hall–Kier alpha value is -4.36. The van der Waals surface area contributed by atoms with Crippen molar-refractivity contribution in [3.63, 3.8) is 0 Å². The highest BCUT2D eigenvalue weighted by Crippen LogP contribution is 2.31. The van der Waals surface area contributed by atoms with Crippen molar-refractivity contribution in [3.05, 3.63) is 65.5 Å². The van der Waals surface area contributed by atoms with Crippen LogP contribution >= 0.6 is 0 Å². The topological polar surface area (TPSA) is 163 Å². The molecule has 0 saturated heterocycles. The molecule has 3 N–H and O–H groups in total. The number of likely N-dealkylation sites (N-methyl/N-ethyl adjacent to an activating group) is 1. The molecule has 1 aromatic heterocycles. The largest absolute Gasteiger partial charge is 0.488 e. The summed E-state index contributed by atoms with van der Waals surface area (Å²) in [6.07, 6.45) is 1.03. The fourth-order valence-corrected chi connectivity index (χ4v) is 4.55. The molecule has 40 heavy (non-hydrogen) atoms. The number of hydrogen-bond acceptors (Lipinski definition) is 9. The highest BCUT2D eigenvalue weighted by molar-refractivity contribution is 5.99. The van der Waals surface area contributed by atoms with E-state index in [0.717, 1.165) is 5.56 Å². The number of amides is 2. The Morgan fingerprint density at radius 2 is 1.98 bits per heavy atom. The number of aliphatic hydroxyl groups excluding tert-OH is 1. The van der Waals surface area contributed by atoms with Gasteiger partial charge < -0.3 is 25.2 Å². The highest BCUT2D eigenvalue weighted by atomic mass is 16.5. The van der Waals surface area contributed by atoms with E-state index in [0.29, 0.717) is 31.1 Å². The SMILES string of the molecule is C[C@H]1CN([C@@H](C)CO)C(=O)c2cc(NC(=O)Cn3cnnn3)ccc2O[C@H]1CN(C)Cc1ccc(C(=O)O)cc1. The Kier molecular flexibility index (Phi) is 9.07. The number of carboxylic acid groups (broad SMARTS) is 1. The lowest BCUT2D eigenvalue weighted by Crippen LogP contribution is -2.49. The van der Waals surface area contributed by atoms with Crippen LogP contribution in [-0.2, 0) is 17.9 Å². The monoisotopic (exact) mass is 551 g/mol. The van der Waals surface area contributed by atoms with Crippen molar-refractivity contribution in [1.82, 2.24) is 30.0 Å². The van der Waals surface area contributed by atoms with Crippen molar-refractivity contribution >= 4 is 23.5 Å². The van der Waals surface area contributed by atoms with Crippen LogP contribution in [0.25, 0.3) is 0 Å². The van der Waals surface area contributed by atoms with E-state index in [1.165, 1.54) is 11.0 Å². The summed E-state index contributed by atoms with van der Waals surface area (Å²) in [7, 11) is 1.95. The molecule has 0 bridgehead atoms. The van der Waals surface area contributed by atoms with Gasteiger partial charge in [-0.3, -0.25) is 14.5 Å². The molecule has 0 fully saturated rings. The average molecular weight is 552 g/mol. The van der Waals surface area contributed by atoms with Crippen LogP contribution in [0.15, 0.2) is 48.8 Å². The summed E-state index contributed by atoms with van der Waals surface area (Å²) < 4.78 is 7.70. The van der Waals surface area contributed by atoms with E-state index >= 15 is 0 Å². The van der Waals surface area contributed by atoms with Crippen molar-refractivity contribution in [1.29, 1.82) is 0 Å². The molecule has 2 aromatic carbocycles. The summed E-state index contributed by atoms with van der Waals surface area (Å²) in [5, 5.41) is 32.5. The summed E-state index contributed by atoms with van der Waals surface area (Å²) in [5.74, 6) is -1.32. The molecule has 2 heterocycles. The Labute approximate surface area is 231 Å². The van der Waals surface area contributed by atoms with Crippen molar-refractivity contribution in [3.8, 4) is 5.75 Å². The number of carbonyl (C=O) groups excluding carboxylic acids is 2. The van der Waals surface area contributed by atoms with Crippen LogP contribution in [0.5, 0.6) is 5.75 Å². The third-order valence-corrected chi connectivity index (χ3v) is 6.79. The van der Waals surface area contributed by atoms with Crippen molar-refractivity contribution in [2.75, 3.05) is 32.1 Å². The number of hydrogen-bond donors (Lipinski definition) is 3. The third-order valence-electron chi connectivity index (χ3n) is 6.79. The second-order valence-corrected chi connectivity index (χ2v) is 10.1. The van der Waals surface area contributed by atoms with Crippen molar-refractivity contribution in [2.45, 2.75) is 39.1 Å². The maximum absolute atomic E-state index is 13.6. The molecule has 0 saturated carbocycles. The quantitative estimate of drug-likeness (QED) is 0.335. The van der Waals surface area contributed by atoms with Gasteiger partial charge in [0, 0.05) is 31.2 Å². The first-order valence-electron chi connectivity index (χ1n) is 12.9. The van der Waals surface area contributed by atoms with E-state index in [9.17, 15) is 19.5 Å². The zero-order valence-electron chi connectivity index (χ0n) is 22.6. The number of aromatic nitrogens is 4. The zero-order chi connectivity index (χ0) is 28.8. The number of nitrogens with zero attached hydrogens (tertiary/aromatic N) is 6. The molecule has 212 valence electrons. The van der Waals surface area contributed by atoms with Gasteiger partial charge in [-0.1, -0.05) is 19.1 Å². The molecular weight excluding hydrogens is 518 g/mol. The second kappa shape index (κ2) is 12.7. The van der Waals surface area contributed by atoms with Gasteiger partial charge in [0.1, 0.15) is 24.7 Å². The smallest absolute Gasteiger partial charge is 0.335 e. The molecule has 4 rings (SSSR count). The van der Waals surface area contributed by atoms with Crippen molar-refractivity contribution in [2.24, 2.45) is 5.92 Å². The summed E-state index contributed by atoms with van der Waals surface area (Å²) in [5.41, 5.74) is 1.88. The molecule has 1 aliphatic heterocycles. The van der Waals surface area contributed by atoms with E-state index in [-0.39, 0.29) is 48.1 Å². The Morgan fingerprint density at radius 3 is 2.62 bits per heavy atom. The van der Waals surface area contributed by atoms with Gasteiger partial charge in [0.25, 0.3) is 5.91 Å². The van der Waals surface area contributed by atoms with Crippen molar-refractivity contribution < 1.29 is 29.3 Å². The van der Waals surface area contributed by atoms with Gasteiger partial charge in [-0.25, -0.2) is 9.48 Å². The van der Waals surface area contributed by atoms with Crippen LogP contribution < -0.4 is 10.1 Å². The van der Waals surface area contributed by atoms with Gasteiger partial charge in [-0.2, -0.15) is 0 Å². The average Bonchev–Trinajstić information content (AvgIpc) is 3.43. The summed E-state index contributed by atoms with van der Waals surface area (Å²) >= 11 is 0. The van der Waals surface area contributed by atoms with E-state index < -0.39 is 12.0 Å². The highest BCUT2D eigenvalue weighted by Gasteiger charge is 2.33. The first-order chi connectivity index (χ1) is 19.1. The Morgan fingerprint density at radius 1 is 1.23 bits per heavy atom. The van der Waals surface area contributed by atoms with E-state index in [2.05, 4.69) is 25.7 Å². The summed E-state index contributed by atoms with van der Waals surface area (Å²) in [4.78, 5) is 40.9. The standard InChI is InChI=1S/C27H33N7O6/c1-17-11-34(18(2)15-35)26(37)22-10-21(29-25(36)14-33-16-28-30-31-33)8-9-23(22)40-24(17)13-32(3)12-19-4-6-20(7-5-19)27(38)39/h4-10,16-18,24,35H,11-15H2,1-3H3,(H,29,36)(H,38,39)/t17-,18-,24-/m0/s1. The van der Waals surface area contributed by atoms with Gasteiger partial charge >= 0.3 is 5.97 Å². The third kappa shape index (κ3) is 6.98. The maximum Gasteiger partial charge on any atom is 0.335 e. The van der Waals surface area contributed by atoms with Crippen LogP contribution in [0.2, 0.25) is 0 Å². The fraction of sp³-hybridized carbons (Fsp3) is 0.407. The molecular formula is C27H33N7O6. The first kappa shape index (κ1) is 28.6. The number of carboxylic acids is 1. The van der Waals surface area contributed by atoms with Crippen LogP contribution in [0.1, 0.15) is 40.1 Å². The van der Waals surface area contributed by atoms with Crippen LogP contribution in [0.3, 0.4) is 0 Å². The molecule has 3 atom stereocenters. The van der Waals surface area contributed by atoms with Gasteiger partial charge in [-0.05, 0) is 60.3 Å². The van der Waals surface area contributed by atoms with Crippen LogP contribution in [0, 0.1) is 5.92 Å². The normalized spacial score (nSPS) is 17.9. The number of fused-ring (bicyclic) bond motifs is 1. The molecule has 0 aliphatic carbocycles. The number of aliphatic hydroxyl groups is 1. The van der Waals surface area contributed by atoms with Crippen LogP contribution in [-0.4, -0.2) is 96.9 Å². The second-order valence-electron chi connectivity index (χ2n) is 10.1. The lowest BCUT2D eigenvalue weighted by Gasteiger charge is -2.38. The minimum Gasteiger partial charge on any atom is -0.488 e. The molecule has 0 spiro atoms. The number of rotatable bonds is 10. The molecule has 3 aromatic rings. The van der Waals surface area contributed by atoms with E-state index in [1.807, 2.05) is 14.0 Å². The number of tetrazole rings is 1. The molecule has 13 heteroatoms. The summed E-state index contributed by atoms with van der Waals surface area (Å²) in [6.45, 7) is 4.96. The lowest BCUT2D eigenvalue weighted by atomic mass is 9.99. The predicted octanol–water partition coefficient (Wildman–Crippen LogP) is 1.36. The molecule has 0 unspecified atom stereocenters. The fourth-order valence-electron chi connectivity index (χ4n) is 4.55. The molecule has 0 radical (unpaired) electrons. The van der Waals surface area contributed by atoms with E-state index in [1.54, 1.807) is 54.3 Å². The molecule has 13 nitrogen and oxygen atoms in total. The number of ether oxygens (including phenoxy) is 1. The maximum atomic E-state index is 13.6. The van der Waals surface area contributed by atoms with Gasteiger partial charge in [-0.15, -0.1) is 5.10 Å². The minimum absolute atomic E-state index is 0.0707. The summed E-state index contributed by atoms with van der Waals surface area (Å²) in [6, 6.07) is 11.2. The Bertz CT molecular complexity index is 1330. The minimum atomic E-state index is -0.971. The number of anilines is 1. The van der Waals surface area contributed by atoms with Gasteiger partial charge in [0.2, 0.25) is 5.91 Å². The predicted molar refractivity (Wildman–Crippen MR) is 144 cm³/mol. The lowest BCUT2D eigenvalue weighted by molar-refractivity contribution is -0.116. The number of aromatic carboxylic acids is 1. The molecule has 1 aliphatic rings. The van der Waals surface area contributed by atoms with Crippen LogP contribution in [0.4, 0.5) is 5.69 Å². The number of nitrogens with one attached hydrogen (secondary N) is 1.